The van der Waals surface area contributed by atoms with Gasteiger partial charge < -0.3 is 5.32 Å². The fraction of sp³-hybridized carbons (Fsp3) is 0.444. The maximum Gasteiger partial charge on any atom is 0.204 e. The highest BCUT2D eigenvalue weighted by Crippen LogP contribution is 2.17. The number of rotatable bonds is 4. The Kier molecular flexibility index (Phi) is 4.39. The molecule has 3 rings (SSSR count). The topological polar surface area (TPSA) is 46.9 Å². The van der Waals surface area contributed by atoms with Gasteiger partial charge in [-0.3, -0.25) is 4.79 Å². The molecular formula is C18H23N3O. The lowest BCUT2D eigenvalue weighted by Crippen LogP contribution is -2.30. The maximum absolute atomic E-state index is 12.2. The third kappa shape index (κ3) is 3.28. The number of nitrogens with one attached hydrogen (secondary N) is 1. The van der Waals surface area contributed by atoms with E-state index in [-0.39, 0.29) is 5.43 Å². The monoisotopic (exact) mass is 297 g/mol. The van der Waals surface area contributed by atoms with Crippen molar-refractivity contribution < 1.29 is 0 Å². The summed E-state index contributed by atoms with van der Waals surface area (Å²) in [5, 5.41) is 8.04. The Morgan fingerprint density at radius 1 is 1.18 bits per heavy atom. The Bertz CT molecular complexity index is 697. The summed E-state index contributed by atoms with van der Waals surface area (Å²) in [7, 11) is 0. The average Bonchev–Trinajstić information content (AvgIpc) is 3.01. The molecule has 1 aliphatic rings. The van der Waals surface area contributed by atoms with Gasteiger partial charge in [0.15, 0.2) is 0 Å². The third-order valence-electron chi connectivity index (χ3n) is 4.37. The molecule has 0 spiro atoms. The molecule has 1 heterocycles. The molecule has 1 aromatic carbocycles. The van der Waals surface area contributed by atoms with Crippen LogP contribution in [-0.2, 0) is 6.54 Å². The first kappa shape index (κ1) is 15.0. The Morgan fingerprint density at radius 2 is 1.86 bits per heavy atom. The van der Waals surface area contributed by atoms with Crippen LogP contribution in [0.25, 0.3) is 5.69 Å². The molecular weight excluding hydrogens is 274 g/mol. The quantitative estimate of drug-likeness (QED) is 0.944. The Labute approximate surface area is 131 Å². The lowest BCUT2D eigenvalue weighted by atomic mass is 10.2. The summed E-state index contributed by atoms with van der Waals surface area (Å²) in [5.41, 5.74) is 3.68. The number of hydrogen-bond donors (Lipinski definition) is 1. The standard InChI is InChI=1S/C18H23N3O/c1-13-7-9-16(10-8-13)21-14(2)11-18(22)17(20-21)12-19-15-5-3-4-6-15/h7-11,15,19H,3-6,12H2,1-2H3. The zero-order chi connectivity index (χ0) is 15.5. The summed E-state index contributed by atoms with van der Waals surface area (Å²) in [6, 6.07) is 10.4. The van der Waals surface area contributed by atoms with E-state index in [0.29, 0.717) is 18.3 Å². The molecule has 0 radical (unpaired) electrons. The molecule has 0 saturated heterocycles. The van der Waals surface area contributed by atoms with E-state index in [2.05, 4.69) is 29.5 Å². The molecule has 1 saturated carbocycles. The Balaban J connectivity index is 1.85. The van der Waals surface area contributed by atoms with Crippen LogP contribution in [-0.4, -0.2) is 15.8 Å². The molecule has 2 aromatic rings. The molecule has 0 bridgehead atoms. The van der Waals surface area contributed by atoms with Crippen LogP contribution in [0.15, 0.2) is 35.1 Å². The van der Waals surface area contributed by atoms with E-state index in [0.717, 1.165) is 11.4 Å². The summed E-state index contributed by atoms with van der Waals surface area (Å²) in [4.78, 5) is 12.2. The third-order valence-corrected chi connectivity index (χ3v) is 4.37. The van der Waals surface area contributed by atoms with E-state index in [1.54, 1.807) is 6.07 Å². The first-order chi connectivity index (χ1) is 10.6. The Morgan fingerprint density at radius 3 is 2.55 bits per heavy atom. The van der Waals surface area contributed by atoms with Crippen LogP contribution in [0.3, 0.4) is 0 Å². The largest absolute Gasteiger partial charge is 0.308 e. The van der Waals surface area contributed by atoms with Gasteiger partial charge in [-0.15, -0.1) is 0 Å². The van der Waals surface area contributed by atoms with Crippen molar-refractivity contribution in [3.05, 3.63) is 57.5 Å². The van der Waals surface area contributed by atoms with Gasteiger partial charge in [-0.1, -0.05) is 30.5 Å². The van der Waals surface area contributed by atoms with Gasteiger partial charge in [0.2, 0.25) is 5.43 Å². The van der Waals surface area contributed by atoms with E-state index >= 15 is 0 Å². The minimum Gasteiger partial charge on any atom is -0.308 e. The number of nitrogens with zero attached hydrogens (tertiary/aromatic N) is 2. The molecule has 1 N–H and O–H groups in total. The van der Waals surface area contributed by atoms with E-state index in [4.69, 9.17) is 0 Å². The van der Waals surface area contributed by atoms with Gasteiger partial charge in [-0.05, 0) is 38.8 Å². The second-order valence-corrected chi connectivity index (χ2v) is 6.21. The predicted octanol–water partition coefficient (Wildman–Crippen LogP) is 2.88. The van der Waals surface area contributed by atoms with Crippen molar-refractivity contribution in [2.75, 3.05) is 0 Å². The van der Waals surface area contributed by atoms with Crippen molar-refractivity contribution in [2.24, 2.45) is 0 Å². The van der Waals surface area contributed by atoms with Crippen LogP contribution in [0.5, 0.6) is 0 Å². The summed E-state index contributed by atoms with van der Waals surface area (Å²) in [6.07, 6.45) is 4.98. The predicted molar refractivity (Wildman–Crippen MR) is 88.4 cm³/mol. The normalized spacial score (nSPS) is 15.4. The second-order valence-electron chi connectivity index (χ2n) is 6.21. The highest BCUT2D eigenvalue weighted by atomic mass is 16.1. The first-order valence-electron chi connectivity index (χ1n) is 8.04. The summed E-state index contributed by atoms with van der Waals surface area (Å²) in [5.74, 6) is 0. The molecule has 1 aromatic heterocycles. The molecule has 1 fully saturated rings. The number of hydrogen-bond acceptors (Lipinski definition) is 3. The molecule has 4 heteroatoms. The summed E-state index contributed by atoms with van der Waals surface area (Å²) >= 11 is 0. The van der Waals surface area contributed by atoms with Crippen LogP contribution < -0.4 is 10.7 Å². The van der Waals surface area contributed by atoms with Gasteiger partial charge in [-0.2, -0.15) is 5.10 Å². The smallest absolute Gasteiger partial charge is 0.204 e. The molecule has 0 amide bonds. The number of aryl methyl sites for hydroxylation is 2. The molecule has 116 valence electrons. The first-order valence-corrected chi connectivity index (χ1v) is 8.04. The highest BCUT2D eigenvalue weighted by molar-refractivity contribution is 5.35. The second kappa shape index (κ2) is 6.44. The van der Waals surface area contributed by atoms with Gasteiger partial charge >= 0.3 is 0 Å². The molecule has 4 nitrogen and oxygen atoms in total. The van der Waals surface area contributed by atoms with Crippen LogP contribution >= 0.6 is 0 Å². The van der Waals surface area contributed by atoms with Crippen molar-refractivity contribution in [1.82, 2.24) is 15.1 Å². The van der Waals surface area contributed by atoms with Gasteiger partial charge in [0.1, 0.15) is 5.69 Å². The fourth-order valence-corrected chi connectivity index (χ4v) is 3.02. The van der Waals surface area contributed by atoms with Crippen LogP contribution in [0, 0.1) is 13.8 Å². The zero-order valence-corrected chi connectivity index (χ0v) is 13.3. The van der Waals surface area contributed by atoms with Crippen molar-refractivity contribution >= 4 is 0 Å². The van der Waals surface area contributed by atoms with E-state index in [1.807, 2.05) is 23.7 Å². The lowest BCUT2D eigenvalue weighted by Gasteiger charge is -2.14. The van der Waals surface area contributed by atoms with Gasteiger partial charge in [0, 0.05) is 24.3 Å². The molecule has 22 heavy (non-hydrogen) atoms. The number of benzene rings is 1. The average molecular weight is 297 g/mol. The fourth-order valence-electron chi connectivity index (χ4n) is 3.02. The van der Waals surface area contributed by atoms with E-state index in [9.17, 15) is 4.79 Å². The minimum atomic E-state index is 0.0198. The van der Waals surface area contributed by atoms with E-state index < -0.39 is 0 Å². The van der Waals surface area contributed by atoms with Crippen molar-refractivity contribution in [3.8, 4) is 5.69 Å². The molecule has 0 unspecified atom stereocenters. The number of aromatic nitrogens is 2. The minimum absolute atomic E-state index is 0.0198. The van der Waals surface area contributed by atoms with Crippen molar-refractivity contribution in [3.63, 3.8) is 0 Å². The lowest BCUT2D eigenvalue weighted by molar-refractivity contribution is 0.512. The van der Waals surface area contributed by atoms with Crippen molar-refractivity contribution in [2.45, 2.75) is 52.1 Å². The summed E-state index contributed by atoms with van der Waals surface area (Å²) < 4.78 is 1.85. The SMILES string of the molecule is Cc1ccc(-n2nc(CNC3CCCC3)c(=O)cc2C)cc1. The van der Waals surface area contributed by atoms with Crippen molar-refractivity contribution in [1.29, 1.82) is 0 Å². The van der Waals surface area contributed by atoms with Gasteiger partial charge in [-0.25, -0.2) is 4.68 Å². The summed E-state index contributed by atoms with van der Waals surface area (Å²) in [6.45, 7) is 4.53. The van der Waals surface area contributed by atoms with Gasteiger partial charge in [0.25, 0.3) is 0 Å². The van der Waals surface area contributed by atoms with Crippen LogP contribution in [0.2, 0.25) is 0 Å². The maximum atomic E-state index is 12.2. The van der Waals surface area contributed by atoms with Gasteiger partial charge in [0.05, 0.1) is 5.69 Å². The van der Waals surface area contributed by atoms with Crippen LogP contribution in [0.1, 0.15) is 42.6 Å². The molecule has 0 atom stereocenters. The zero-order valence-electron chi connectivity index (χ0n) is 13.3. The molecule has 0 aliphatic heterocycles. The van der Waals surface area contributed by atoms with E-state index in [1.165, 1.54) is 31.2 Å². The molecule has 1 aliphatic carbocycles. The highest BCUT2D eigenvalue weighted by Gasteiger charge is 2.15. The Hall–Kier alpha value is -1.94. The van der Waals surface area contributed by atoms with Crippen LogP contribution in [0.4, 0.5) is 0 Å².